The zero-order chi connectivity index (χ0) is 13.8. The Hall–Kier alpha value is -1.17. The number of hydrogen-bond donors (Lipinski definition) is 1. The van der Waals surface area contributed by atoms with E-state index < -0.39 is 0 Å². The Kier molecular flexibility index (Phi) is 4.74. The van der Waals surface area contributed by atoms with Crippen molar-refractivity contribution in [3.8, 4) is 0 Å². The maximum Gasteiger partial charge on any atom is 0.128 e. The van der Waals surface area contributed by atoms with Crippen LogP contribution in [0.3, 0.4) is 0 Å². The van der Waals surface area contributed by atoms with Gasteiger partial charge in [0.1, 0.15) is 10.8 Å². The highest BCUT2D eigenvalue weighted by atomic mass is 35.5. The first-order valence-corrected chi connectivity index (χ1v) is 7.16. The number of rotatable bonds is 4. The molecule has 0 aliphatic heterocycles. The lowest BCUT2D eigenvalue weighted by Crippen LogP contribution is -2.11. The van der Waals surface area contributed by atoms with E-state index in [9.17, 15) is 4.39 Å². The van der Waals surface area contributed by atoms with Crippen LogP contribution in [0.1, 0.15) is 11.3 Å². The van der Waals surface area contributed by atoms with Crippen LogP contribution in [0.25, 0.3) is 0 Å². The Balaban J connectivity index is 2.15. The molecule has 0 saturated heterocycles. The van der Waals surface area contributed by atoms with Gasteiger partial charge in [0.05, 0.1) is 5.69 Å². The molecule has 0 aliphatic carbocycles. The molecule has 1 heterocycles. The highest BCUT2D eigenvalue weighted by Crippen LogP contribution is 2.28. The number of thioether (sulfide) groups is 1. The minimum atomic E-state index is -0.302. The third kappa shape index (κ3) is 3.65. The van der Waals surface area contributed by atoms with Crippen LogP contribution in [0.2, 0.25) is 5.02 Å². The van der Waals surface area contributed by atoms with E-state index in [0.29, 0.717) is 22.0 Å². The van der Waals surface area contributed by atoms with E-state index in [1.165, 1.54) is 17.8 Å². The first-order chi connectivity index (χ1) is 9.08. The van der Waals surface area contributed by atoms with Gasteiger partial charge in [0, 0.05) is 27.4 Å². The largest absolute Gasteiger partial charge is 0.388 e. The van der Waals surface area contributed by atoms with Crippen LogP contribution in [-0.2, 0) is 5.75 Å². The molecule has 0 atom stereocenters. The Morgan fingerprint density at radius 2 is 2.21 bits per heavy atom. The summed E-state index contributed by atoms with van der Waals surface area (Å²) in [5.41, 5.74) is 6.56. The van der Waals surface area contributed by atoms with Gasteiger partial charge >= 0.3 is 0 Å². The van der Waals surface area contributed by atoms with Crippen LogP contribution in [-0.4, -0.2) is 9.97 Å². The van der Waals surface area contributed by atoms with Crippen LogP contribution in [0, 0.1) is 5.82 Å². The fourth-order valence-corrected chi connectivity index (χ4v) is 2.84. The first kappa shape index (κ1) is 14.2. The standard InChI is InChI=1S/C13H10ClFN2S2/c14-10-2-1-3-11(15)9(10)7-19-8-4-5-17-12(6-8)13(16)18/h1-6H,7H2,(H2,16,18). The van der Waals surface area contributed by atoms with Gasteiger partial charge in [-0.15, -0.1) is 11.8 Å². The molecule has 0 radical (unpaired) electrons. The summed E-state index contributed by atoms with van der Waals surface area (Å²) in [6.45, 7) is 0. The molecule has 0 saturated carbocycles. The van der Waals surface area contributed by atoms with Crippen molar-refractivity contribution in [2.45, 2.75) is 10.6 Å². The predicted molar refractivity (Wildman–Crippen MR) is 81.1 cm³/mol. The average molecular weight is 313 g/mol. The van der Waals surface area contributed by atoms with Crippen molar-refractivity contribution in [3.05, 3.63) is 58.6 Å². The van der Waals surface area contributed by atoms with E-state index in [2.05, 4.69) is 4.98 Å². The summed E-state index contributed by atoms with van der Waals surface area (Å²) >= 11 is 12.3. The van der Waals surface area contributed by atoms with Gasteiger partial charge in [0.2, 0.25) is 0 Å². The molecule has 98 valence electrons. The van der Waals surface area contributed by atoms with E-state index in [1.54, 1.807) is 24.4 Å². The number of benzene rings is 1. The van der Waals surface area contributed by atoms with Crippen molar-refractivity contribution in [1.82, 2.24) is 4.98 Å². The van der Waals surface area contributed by atoms with Gasteiger partial charge in [0.15, 0.2) is 0 Å². The maximum atomic E-state index is 13.6. The van der Waals surface area contributed by atoms with Crippen molar-refractivity contribution in [3.63, 3.8) is 0 Å². The molecular formula is C13H10ClFN2S2. The molecule has 6 heteroatoms. The first-order valence-electron chi connectivity index (χ1n) is 5.39. The van der Waals surface area contributed by atoms with Crippen LogP contribution in [0.4, 0.5) is 4.39 Å². The second kappa shape index (κ2) is 6.32. The zero-order valence-corrected chi connectivity index (χ0v) is 12.2. The monoisotopic (exact) mass is 312 g/mol. The summed E-state index contributed by atoms with van der Waals surface area (Å²) in [6, 6.07) is 8.26. The second-order valence-electron chi connectivity index (χ2n) is 3.73. The number of halogens is 2. The fourth-order valence-electron chi connectivity index (χ4n) is 1.46. The molecule has 2 nitrogen and oxygen atoms in total. The van der Waals surface area contributed by atoms with Crippen molar-refractivity contribution in [2.24, 2.45) is 5.73 Å². The van der Waals surface area contributed by atoms with Crippen molar-refractivity contribution in [2.75, 3.05) is 0 Å². The summed E-state index contributed by atoms with van der Waals surface area (Å²) in [4.78, 5) is 5.21. The predicted octanol–water partition coefficient (Wildman–Crippen LogP) is 3.80. The highest BCUT2D eigenvalue weighted by Gasteiger charge is 2.08. The van der Waals surface area contributed by atoms with Crippen LogP contribution in [0.15, 0.2) is 41.4 Å². The molecule has 0 fully saturated rings. The number of aromatic nitrogens is 1. The number of nitrogens with two attached hydrogens (primary N) is 1. The second-order valence-corrected chi connectivity index (χ2v) is 5.63. The highest BCUT2D eigenvalue weighted by molar-refractivity contribution is 7.98. The lowest BCUT2D eigenvalue weighted by Gasteiger charge is -2.06. The normalized spacial score (nSPS) is 10.4. The zero-order valence-electron chi connectivity index (χ0n) is 9.77. The topological polar surface area (TPSA) is 38.9 Å². The summed E-state index contributed by atoms with van der Waals surface area (Å²) in [7, 11) is 0. The smallest absolute Gasteiger partial charge is 0.128 e. The molecule has 1 aromatic carbocycles. The molecule has 2 N–H and O–H groups in total. The fraction of sp³-hybridized carbons (Fsp3) is 0.0769. The van der Waals surface area contributed by atoms with E-state index in [1.807, 2.05) is 6.07 Å². The van der Waals surface area contributed by atoms with Gasteiger partial charge in [-0.25, -0.2) is 4.39 Å². The lowest BCUT2D eigenvalue weighted by atomic mass is 10.2. The van der Waals surface area contributed by atoms with E-state index >= 15 is 0 Å². The quantitative estimate of drug-likeness (QED) is 0.688. The van der Waals surface area contributed by atoms with Crippen LogP contribution < -0.4 is 5.73 Å². The van der Waals surface area contributed by atoms with Gasteiger partial charge in [-0.3, -0.25) is 4.98 Å². The van der Waals surface area contributed by atoms with Gasteiger partial charge in [-0.1, -0.05) is 29.9 Å². The van der Waals surface area contributed by atoms with Crippen molar-refractivity contribution >= 4 is 40.6 Å². The van der Waals surface area contributed by atoms with Crippen molar-refractivity contribution < 1.29 is 4.39 Å². The molecule has 2 aromatic rings. The van der Waals surface area contributed by atoms with Gasteiger partial charge in [-0.05, 0) is 24.3 Å². The number of thiocarbonyl (C=S) groups is 1. The molecule has 19 heavy (non-hydrogen) atoms. The summed E-state index contributed by atoms with van der Waals surface area (Å²) < 4.78 is 13.6. The maximum absolute atomic E-state index is 13.6. The molecule has 0 spiro atoms. The molecule has 2 rings (SSSR count). The lowest BCUT2D eigenvalue weighted by molar-refractivity contribution is 0.617. The minimum Gasteiger partial charge on any atom is -0.388 e. The van der Waals surface area contributed by atoms with Crippen molar-refractivity contribution in [1.29, 1.82) is 0 Å². The van der Waals surface area contributed by atoms with E-state index in [4.69, 9.17) is 29.6 Å². The Bertz CT molecular complexity index is 599. The molecule has 0 bridgehead atoms. The summed E-state index contributed by atoms with van der Waals surface area (Å²) in [6.07, 6.45) is 1.62. The Morgan fingerprint density at radius 3 is 2.89 bits per heavy atom. The minimum absolute atomic E-state index is 0.242. The SMILES string of the molecule is NC(=S)c1cc(SCc2c(F)cccc2Cl)ccn1. The third-order valence-corrected chi connectivity index (χ3v) is 4.01. The summed E-state index contributed by atoms with van der Waals surface area (Å²) in [5, 5.41) is 0.427. The molecule has 1 aromatic heterocycles. The van der Waals surface area contributed by atoms with E-state index in [-0.39, 0.29) is 10.8 Å². The number of hydrogen-bond acceptors (Lipinski definition) is 3. The molecule has 0 unspecified atom stereocenters. The molecular weight excluding hydrogens is 303 g/mol. The molecule has 0 amide bonds. The van der Waals surface area contributed by atoms with E-state index in [0.717, 1.165) is 4.90 Å². The number of nitrogens with zero attached hydrogens (tertiary/aromatic N) is 1. The molecule has 0 aliphatic rings. The number of pyridine rings is 1. The average Bonchev–Trinajstić information content (AvgIpc) is 2.38. The summed E-state index contributed by atoms with van der Waals surface area (Å²) in [5.74, 6) is 0.135. The van der Waals surface area contributed by atoms with Gasteiger partial charge in [0.25, 0.3) is 0 Å². The third-order valence-electron chi connectivity index (χ3n) is 2.43. The van der Waals surface area contributed by atoms with Crippen LogP contribution >= 0.6 is 35.6 Å². The Morgan fingerprint density at radius 1 is 1.42 bits per heavy atom. The Labute approximate surface area is 125 Å². The van der Waals surface area contributed by atoms with Crippen LogP contribution in [0.5, 0.6) is 0 Å². The van der Waals surface area contributed by atoms with Gasteiger partial charge in [-0.2, -0.15) is 0 Å². The van der Waals surface area contributed by atoms with Gasteiger partial charge < -0.3 is 5.73 Å².